The molecule has 0 aromatic carbocycles. The zero-order valence-corrected chi connectivity index (χ0v) is 14.2. The van der Waals surface area contributed by atoms with Crippen LogP contribution in [0.25, 0.3) is 0 Å². The van der Waals surface area contributed by atoms with Gasteiger partial charge < -0.3 is 24.1 Å². The summed E-state index contributed by atoms with van der Waals surface area (Å²) in [6.45, 7) is 1.14. The second-order valence-electron chi connectivity index (χ2n) is 6.23. The molecule has 26 heavy (non-hydrogen) atoms. The number of hydrogen-bond donors (Lipinski definition) is 2. The molecule has 0 bridgehead atoms. The first-order chi connectivity index (χ1) is 12.6. The van der Waals surface area contributed by atoms with Gasteiger partial charge in [-0.1, -0.05) is 0 Å². The van der Waals surface area contributed by atoms with Gasteiger partial charge in [-0.15, -0.1) is 0 Å². The first-order valence-corrected chi connectivity index (χ1v) is 8.27. The maximum absolute atomic E-state index is 12.6. The number of aliphatic hydroxyl groups excluding tert-OH is 2. The molecule has 0 aliphatic carbocycles. The molecule has 1 aliphatic rings. The van der Waals surface area contributed by atoms with E-state index in [0.717, 1.165) is 5.69 Å². The second kappa shape index (κ2) is 6.43. The van der Waals surface area contributed by atoms with Gasteiger partial charge in [-0.05, 0) is 18.2 Å². The Kier molecular flexibility index (Phi) is 4.09. The molecule has 0 saturated heterocycles. The Morgan fingerprint density at radius 2 is 2.23 bits per heavy atom. The summed E-state index contributed by atoms with van der Waals surface area (Å²) < 4.78 is 8.87. The second-order valence-corrected chi connectivity index (χ2v) is 6.23. The van der Waals surface area contributed by atoms with E-state index in [2.05, 4.69) is 10.1 Å². The minimum absolute atomic E-state index is 0.204. The van der Waals surface area contributed by atoms with Crippen molar-refractivity contribution in [3.05, 3.63) is 59.3 Å². The molecule has 4 heterocycles. The minimum Gasteiger partial charge on any atom is -0.453 e. The summed E-state index contributed by atoms with van der Waals surface area (Å²) in [6.07, 6.45) is 2.46. The molecule has 136 valence electrons. The lowest BCUT2D eigenvalue weighted by molar-refractivity contribution is 0.0669. The number of aliphatic hydroxyl groups is 2. The predicted molar refractivity (Wildman–Crippen MR) is 88.9 cm³/mol. The van der Waals surface area contributed by atoms with Gasteiger partial charge in [0.05, 0.1) is 24.5 Å². The van der Waals surface area contributed by atoms with Crippen molar-refractivity contribution in [3.8, 4) is 0 Å². The summed E-state index contributed by atoms with van der Waals surface area (Å²) in [5.41, 5.74) is 1.34. The predicted octanol–water partition coefficient (Wildman–Crippen LogP) is 0.440. The monoisotopic (exact) mass is 357 g/mol. The molecular formula is C17H19N5O4. The van der Waals surface area contributed by atoms with E-state index in [1.54, 1.807) is 44.7 Å². The Hall–Kier alpha value is -2.91. The van der Waals surface area contributed by atoms with Gasteiger partial charge in [-0.25, -0.2) is 4.98 Å². The van der Waals surface area contributed by atoms with E-state index in [4.69, 9.17) is 9.52 Å². The van der Waals surface area contributed by atoms with Gasteiger partial charge in [0.2, 0.25) is 0 Å². The molecule has 2 N–H and O–H groups in total. The highest BCUT2D eigenvalue weighted by Gasteiger charge is 2.27. The van der Waals surface area contributed by atoms with Gasteiger partial charge in [0.15, 0.2) is 11.9 Å². The molecule has 3 aromatic heterocycles. The third-order valence-corrected chi connectivity index (χ3v) is 4.52. The van der Waals surface area contributed by atoms with Gasteiger partial charge in [0, 0.05) is 26.0 Å². The first kappa shape index (κ1) is 16.6. The number of nitrogens with zero attached hydrogens (tertiary/aromatic N) is 5. The highest BCUT2D eigenvalue weighted by Crippen LogP contribution is 2.23. The van der Waals surface area contributed by atoms with Crippen LogP contribution in [0.2, 0.25) is 0 Å². The van der Waals surface area contributed by atoms with Gasteiger partial charge >= 0.3 is 0 Å². The molecule has 9 heteroatoms. The van der Waals surface area contributed by atoms with Crippen LogP contribution in [0.5, 0.6) is 0 Å². The summed E-state index contributed by atoms with van der Waals surface area (Å²) in [6, 6.07) is 4.94. The molecule has 0 radical (unpaired) electrons. The SMILES string of the molecule is Cn1ccnc1C(O)c1cc2n(n1)CCN(C(=O)c1ccc(CO)o1)C2. The smallest absolute Gasteiger partial charge is 0.289 e. The number of aryl methyl sites for hydroxylation is 1. The van der Waals surface area contributed by atoms with Crippen molar-refractivity contribution in [1.29, 1.82) is 0 Å². The minimum atomic E-state index is -0.922. The molecule has 0 spiro atoms. The lowest BCUT2D eigenvalue weighted by Gasteiger charge is -2.26. The summed E-state index contributed by atoms with van der Waals surface area (Å²) in [7, 11) is 1.81. The van der Waals surface area contributed by atoms with Crippen LogP contribution in [-0.4, -0.2) is 46.9 Å². The molecule has 9 nitrogen and oxygen atoms in total. The van der Waals surface area contributed by atoms with Crippen LogP contribution in [0.15, 0.2) is 35.0 Å². The van der Waals surface area contributed by atoms with Crippen molar-refractivity contribution < 1.29 is 19.4 Å². The first-order valence-electron chi connectivity index (χ1n) is 8.27. The van der Waals surface area contributed by atoms with E-state index >= 15 is 0 Å². The average molecular weight is 357 g/mol. The molecule has 1 aliphatic heterocycles. The van der Waals surface area contributed by atoms with Gasteiger partial charge in [-0.3, -0.25) is 9.48 Å². The highest BCUT2D eigenvalue weighted by molar-refractivity contribution is 5.91. The number of amides is 1. The maximum atomic E-state index is 12.6. The molecule has 1 atom stereocenters. The van der Waals surface area contributed by atoms with E-state index in [1.165, 1.54) is 0 Å². The van der Waals surface area contributed by atoms with E-state index in [-0.39, 0.29) is 18.3 Å². The van der Waals surface area contributed by atoms with Gasteiger partial charge in [-0.2, -0.15) is 5.10 Å². The number of furan rings is 1. The van der Waals surface area contributed by atoms with Crippen LogP contribution >= 0.6 is 0 Å². The number of aromatic nitrogens is 4. The lowest BCUT2D eigenvalue weighted by atomic mass is 10.2. The van der Waals surface area contributed by atoms with E-state index in [0.29, 0.717) is 36.9 Å². The molecule has 1 amide bonds. The molecule has 1 unspecified atom stereocenters. The number of hydrogen-bond acceptors (Lipinski definition) is 6. The van der Waals surface area contributed by atoms with Crippen molar-refractivity contribution in [2.24, 2.45) is 7.05 Å². The van der Waals surface area contributed by atoms with Crippen LogP contribution < -0.4 is 0 Å². The average Bonchev–Trinajstić information content (AvgIpc) is 3.38. The fourth-order valence-electron chi connectivity index (χ4n) is 3.10. The lowest BCUT2D eigenvalue weighted by Crippen LogP contribution is -2.38. The van der Waals surface area contributed by atoms with Crippen LogP contribution in [0.3, 0.4) is 0 Å². The van der Waals surface area contributed by atoms with E-state index in [1.807, 2.05) is 7.05 Å². The summed E-state index contributed by atoms with van der Waals surface area (Å²) >= 11 is 0. The van der Waals surface area contributed by atoms with Crippen molar-refractivity contribution in [1.82, 2.24) is 24.2 Å². The normalized spacial score (nSPS) is 15.1. The Morgan fingerprint density at radius 1 is 1.38 bits per heavy atom. The van der Waals surface area contributed by atoms with Crippen LogP contribution in [0.1, 0.15) is 39.6 Å². The Balaban J connectivity index is 1.53. The molecule has 0 saturated carbocycles. The standard InChI is InChI=1S/C17H19N5O4/c1-20-5-4-18-16(20)15(24)13-8-11-9-21(6-7-22(11)19-13)17(25)14-3-2-12(10-23)26-14/h2-5,8,15,23-24H,6-7,9-10H2,1H3. The number of fused-ring (bicyclic) bond motifs is 1. The Morgan fingerprint density at radius 3 is 2.92 bits per heavy atom. The van der Waals surface area contributed by atoms with Crippen LogP contribution in [0, 0.1) is 0 Å². The number of carbonyl (C=O) groups is 1. The highest BCUT2D eigenvalue weighted by atomic mass is 16.4. The summed E-state index contributed by atoms with van der Waals surface area (Å²) in [5, 5.41) is 24.0. The number of imidazole rings is 1. The number of rotatable bonds is 4. The quantitative estimate of drug-likeness (QED) is 0.701. The summed E-state index contributed by atoms with van der Waals surface area (Å²) in [4.78, 5) is 18.4. The van der Waals surface area contributed by atoms with Crippen LogP contribution in [0.4, 0.5) is 0 Å². The van der Waals surface area contributed by atoms with Crippen molar-refractivity contribution in [3.63, 3.8) is 0 Å². The largest absolute Gasteiger partial charge is 0.453 e. The number of carbonyl (C=O) groups excluding carboxylic acids is 1. The molecule has 4 rings (SSSR count). The topological polar surface area (TPSA) is 110 Å². The summed E-state index contributed by atoms with van der Waals surface area (Å²) in [5.74, 6) is 0.843. The van der Waals surface area contributed by atoms with Crippen molar-refractivity contribution in [2.45, 2.75) is 25.8 Å². The van der Waals surface area contributed by atoms with Gasteiger partial charge in [0.25, 0.3) is 5.91 Å². The Bertz CT molecular complexity index is 941. The fourth-order valence-corrected chi connectivity index (χ4v) is 3.10. The molecule has 0 fully saturated rings. The van der Waals surface area contributed by atoms with Crippen molar-refractivity contribution >= 4 is 5.91 Å². The Labute approximate surface area is 149 Å². The van der Waals surface area contributed by atoms with Crippen LogP contribution in [-0.2, 0) is 26.7 Å². The molecule has 3 aromatic rings. The van der Waals surface area contributed by atoms with Gasteiger partial charge in [0.1, 0.15) is 18.2 Å². The van der Waals surface area contributed by atoms with E-state index in [9.17, 15) is 9.90 Å². The van der Waals surface area contributed by atoms with E-state index < -0.39 is 6.10 Å². The fraction of sp³-hybridized carbons (Fsp3) is 0.353. The zero-order valence-electron chi connectivity index (χ0n) is 14.2. The zero-order chi connectivity index (χ0) is 18.3. The third kappa shape index (κ3) is 2.80. The third-order valence-electron chi connectivity index (χ3n) is 4.52. The van der Waals surface area contributed by atoms with Crippen molar-refractivity contribution in [2.75, 3.05) is 6.54 Å². The molecular weight excluding hydrogens is 338 g/mol. The maximum Gasteiger partial charge on any atom is 0.289 e.